The Labute approximate surface area is 348 Å². The Bertz CT molecular complexity index is 3750. The second-order valence-corrected chi connectivity index (χ2v) is 16.2. The van der Waals surface area contributed by atoms with Crippen molar-refractivity contribution in [1.82, 2.24) is 0 Å². The van der Waals surface area contributed by atoms with E-state index in [0.717, 1.165) is 0 Å². The van der Waals surface area contributed by atoms with Crippen LogP contribution in [0.5, 0.6) is 0 Å². The topological polar surface area (TPSA) is 0 Å². The molecule has 0 amide bonds. The van der Waals surface area contributed by atoms with E-state index in [9.17, 15) is 0 Å². The van der Waals surface area contributed by atoms with Crippen molar-refractivity contribution in [1.29, 1.82) is 0 Å². The molecule has 12 aromatic rings. The van der Waals surface area contributed by atoms with E-state index >= 15 is 0 Å². The Morgan fingerprint density at radius 2 is 0.467 bits per heavy atom. The van der Waals surface area contributed by atoms with Gasteiger partial charge < -0.3 is 0 Å². The summed E-state index contributed by atoms with van der Waals surface area (Å²) in [7, 11) is 0. The summed E-state index contributed by atoms with van der Waals surface area (Å²) in [6, 6.07) is 81.7. The number of fused-ring (bicyclic) bond motifs is 9. The smallest absolute Gasteiger partial charge is 0.0000933 e. The van der Waals surface area contributed by atoms with E-state index in [2.05, 4.69) is 218 Å². The summed E-state index contributed by atoms with van der Waals surface area (Å²) in [5, 5.41) is 15.1. The second-order valence-electron chi connectivity index (χ2n) is 16.2. The number of hydrogen-bond donors (Lipinski definition) is 0. The predicted octanol–water partition coefficient (Wildman–Crippen LogP) is 16.9. The molecule has 0 aliphatic heterocycles. The number of rotatable bonds is 4. The molecule has 0 aromatic heterocycles. The summed E-state index contributed by atoms with van der Waals surface area (Å²) in [5.41, 5.74) is 15.2. The highest BCUT2D eigenvalue weighted by atomic mass is 14.4. The van der Waals surface area contributed by atoms with Crippen LogP contribution in [-0.2, 0) is 0 Å². The third kappa shape index (κ3) is 4.68. The van der Waals surface area contributed by atoms with Crippen molar-refractivity contribution in [2.75, 3.05) is 0 Å². The van der Waals surface area contributed by atoms with Crippen LogP contribution in [0.1, 0.15) is 0 Å². The minimum atomic E-state index is 1.23. The Morgan fingerprint density at radius 3 is 0.967 bits per heavy atom. The van der Waals surface area contributed by atoms with Gasteiger partial charge in [0.05, 0.1) is 0 Å². The quantitative estimate of drug-likeness (QED) is 0.168. The van der Waals surface area contributed by atoms with Gasteiger partial charge >= 0.3 is 0 Å². The summed E-state index contributed by atoms with van der Waals surface area (Å²) in [5.74, 6) is 0. The van der Waals surface area contributed by atoms with Crippen molar-refractivity contribution >= 4 is 64.6 Å². The number of hydrogen-bond acceptors (Lipinski definition) is 0. The van der Waals surface area contributed by atoms with E-state index in [-0.39, 0.29) is 0 Å². The van der Waals surface area contributed by atoms with Crippen LogP contribution < -0.4 is 0 Å². The van der Waals surface area contributed by atoms with Crippen LogP contribution in [0.3, 0.4) is 0 Å². The lowest BCUT2D eigenvalue weighted by atomic mass is 9.76. The van der Waals surface area contributed by atoms with Gasteiger partial charge in [0.1, 0.15) is 0 Å². The molecule has 0 atom stereocenters. The fourth-order valence-corrected chi connectivity index (χ4v) is 10.7. The highest BCUT2D eigenvalue weighted by molar-refractivity contribution is 6.34. The van der Waals surface area contributed by atoms with Gasteiger partial charge in [0.2, 0.25) is 0 Å². The molecule has 0 unspecified atom stereocenters. The molecular formula is C60H36. The van der Waals surface area contributed by atoms with Gasteiger partial charge in [-0.2, -0.15) is 0 Å². The molecule has 0 fully saturated rings. The molecule has 0 bridgehead atoms. The molecule has 13 rings (SSSR count). The maximum atomic E-state index is 2.42. The summed E-state index contributed by atoms with van der Waals surface area (Å²) in [6.45, 7) is 0. The van der Waals surface area contributed by atoms with Gasteiger partial charge in [-0.15, -0.1) is 0 Å². The molecule has 12 aromatic carbocycles. The van der Waals surface area contributed by atoms with Crippen LogP contribution in [0.2, 0.25) is 0 Å². The van der Waals surface area contributed by atoms with Crippen LogP contribution in [0.25, 0.3) is 131 Å². The summed E-state index contributed by atoms with van der Waals surface area (Å²) < 4.78 is 0. The second kappa shape index (κ2) is 12.9. The van der Waals surface area contributed by atoms with Gasteiger partial charge in [0.15, 0.2) is 0 Å². The van der Waals surface area contributed by atoms with E-state index in [1.165, 1.54) is 131 Å². The van der Waals surface area contributed by atoms with Crippen molar-refractivity contribution in [2.45, 2.75) is 0 Å². The van der Waals surface area contributed by atoms with E-state index in [0.29, 0.717) is 0 Å². The standard InChI is InChI=1S/C60H36/c1-6-24-42-37(15-1)20-11-29-47(42)51-35-36-53-52-34-33-41-19-5-10-28-46(41)54(52)60-58(50-32-14-23-40-18-4-9-27-45(40)50)56(49-31-13-22-39-17-3-8-26-44(39)49)55(57(51)59(53)60)48-30-12-21-38-16-2-7-25-43(38)48/h1-36H. The van der Waals surface area contributed by atoms with Crippen molar-refractivity contribution in [2.24, 2.45) is 0 Å². The maximum absolute atomic E-state index is 2.42. The van der Waals surface area contributed by atoms with Crippen molar-refractivity contribution in [3.8, 4) is 66.8 Å². The monoisotopic (exact) mass is 756 g/mol. The van der Waals surface area contributed by atoms with E-state index in [1.54, 1.807) is 0 Å². The Balaban J connectivity index is 1.38. The van der Waals surface area contributed by atoms with Crippen LogP contribution in [0.4, 0.5) is 0 Å². The van der Waals surface area contributed by atoms with Gasteiger partial charge in [-0.3, -0.25) is 0 Å². The molecule has 0 heterocycles. The van der Waals surface area contributed by atoms with Gasteiger partial charge in [-0.05, 0) is 131 Å². The molecule has 0 spiro atoms. The average Bonchev–Trinajstić information content (AvgIpc) is 3.66. The Kier molecular flexibility index (Phi) is 7.11. The molecule has 0 radical (unpaired) electrons. The molecule has 0 saturated heterocycles. The molecule has 1 aliphatic rings. The number of benzene rings is 12. The summed E-state index contributed by atoms with van der Waals surface area (Å²) in [4.78, 5) is 0. The van der Waals surface area contributed by atoms with Crippen molar-refractivity contribution in [3.63, 3.8) is 0 Å². The largest absolute Gasteiger partial charge is 0.0616 e. The molecule has 0 heteroatoms. The van der Waals surface area contributed by atoms with E-state index in [1.807, 2.05) is 0 Å². The van der Waals surface area contributed by atoms with Gasteiger partial charge in [-0.1, -0.05) is 218 Å². The zero-order valence-electron chi connectivity index (χ0n) is 32.8. The van der Waals surface area contributed by atoms with Crippen LogP contribution in [0, 0.1) is 0 Å². The third-order valence-electron chi connectivity index (χ3n) is 13.2. The predicted molar refractivity (Wildman–Crippen MR) is 258 cm³/mol. The lowest BCUT2D eigenvalue weighted by Crippen LogP contribution is -1.99. The first-order valence-corrected chi connectivity index (χ1v) is 20.9. The fraction of sp³-hybridized carbons (Fsp3) is 0. The maximum Gasteiger partial charge on any atom is -0.0000933 e. The highest BCUT2D eigenvalue weighted by Crippen LogP contribution is 2.62. The summed E-state index contributed by atoms with van der Waals surface area (Å²) in [6.07, 6.45) is 0. The van der Waals surface area contributed by atoms with E-state index < -0.39 is 0 Å². The molecule has 1 aliphatic carbocycles. The molecule has 0 N–H and O–H groups in total. The normalized spacial score (nSPS) is 12.0. The van der Waals surface area contributed by atoms with Gasteiger partial charge in [0, 0.05) is 0 Å². The summed E-state index contributed by atoms with van der Waals surface area (Å²) >= 11 is 0. The molecule has 0 saturated carbocycles. The Hall–Kier alpha value is -7.80. The average molecular weight is 757 g/mol. The lowest BCUT2D eigenvalue weighted by molar-refractivity contribution is 1.63. The first-order chi connectivity index (χ1) is 29.8. The Morgan fingerprint density at radius 1 is 0.150 bits per heavy atom. The van der Waals surface area contributed by atoms with Crippen molar-refractivity contribution < 1.29 is 0 Å². The molecular weight excluding hydrogens is 721 g/mol. The van der Waals surface area contributed by atoms with Crippen LogP contribution in [-0.4, -0.2) is 0 Å². The minimum absolute atomic E-state index is 1.23. The molecule has 0 nitrogen and oxygen atoms in total. The fourth-order valence-electron chi connectivity index (χ4n) is 10.7. The van der Waals surface area contributed by atoms with Gasteiger partial charge in [-0.25, -0.2) is 0 Å². The minimum Gasteiger partial charge on any atom is -0.0616 e. The van der Waals surface area contributed by atoms with E-state index in [4.69, 9.17) is 0 Å². The first-order valence-electron chi connectivity index (χ1n) is 20.9. The van der Waals surface area contributed by atoms with Crippen LogP contribution in [0.15, 0.2) is 218 Å². The van der Waals surface area contributed by atoms with Crippen molar-refractivity contribution in [3.05, 3.63) is 218 Å². The lowest BCUT2D eigenvalue weighted by Gasteiger charge is -2.26. The van der Waals surface area contributed by atoms with Gasteiger partial charge in [0.25, 0.3) is 0 Å². The zero-order valence-corrected chi connectivity index (χ0v) is 32.8. The highest BCUT2D eigenvalue weighted by Gasteiger charge is 2.34. The third-order valence-corrected chi connectivity index (χ3v) is 13.2. The molecule has 60 heavy (non-hydrogen) atoms. The molecule has 276 valence electrons. The first kappa shape index (κ1) is 33.2. The SMILES string of the molecule is c1ccc2c(-c3c(-c4cccc5ccccc45)c4c5c(ccc(-c6cccc7ccccc67)c5c3-c3cccc5ccccc35)-c3ccc5ccccc5c3-4)cccc2c1. The zero-order chi connectivity index (χ0) is 39.3. The van der Waals surface area contributed by atoms with Crippen LogP contribution >= 0.6 is 0 Å².